The van der Waals surface area contributed by atoms with Crippen molar-refractivity contribution in [2.75, 3.05) is 6.16 Å². The lowest BCUT2D eigenvalue weighted by Crippen LogP contribution is -1.95. The molecule has 0 saturated carbocycles. The Morgan fingerprint density at radius 2 is 1.23 bits per heavy atom. The molecule has 30 heavy (non-hydrogen) atoms. The highest BCUT2D eigenvalue weighted by molar-refractivity contribution is 7.56. The van der Waals surface area contributed by atoms with Crippen molar-refractivity contribution in [3.63, 3.8) is 0 Å². The van der Waals surface area contributed by atoms with Crippen LogP contribution in [0, 0.1) is 0 Å². The molecule has 0 aromatic heterocycles. The Morgan fingerprint density at radius 3 is 1.73 bits per heavy atom. The maximum absolute atomic E-state index is 4.39. The Hall–Kier alpha value is -2.69. The van der Waals surface area contributed by atoms with Crippen LogP contribution in [0.3, 0.4) is 0 Å². The van der Waals surface area contributed by atoms with E-state index in [0.717, 1.165) is 24.9 Å². The van der Waals surface area contributed by atoms with E-state index in [1.165, 1.54) is 54.9 Å². The predicted octanol–water partition coefficient (Wildman–Crippen LogP) is 8.68. The van der Waals surface area contributed by atoms with E-state index < -0.39 is 0 Å². The average Bonchev–Trinajstić information content (AvgIpc) is 2.89. The molecule has 0 saturated heterocycles. The van der Waals surface area contributed by atoms with Gasteiger partial charge >= 0.3 is 0 Å². The van der Waals surface area contributed by atoms with Crippen LogP contribution in [-0.2, 0) is 12.3 Å². The lowest BCUT2D eigenvalue weighted by molar-refractivity contribution is 1.12. The molecule has 4 aromatic carbocycles. The molecule has 0 fully saturated rings. The number of hydrogen-bond donors (Lipinski definition) is 0. The average molecular weight is 407 g/mol. The Labute approximate surface area is 180 Å². The Bertz CT molecular complexity index is 1210. The molecular weight excluding hydrogens is 379 g/mol. The van der Waals surface area contributed by atoms with Crippen molar-refractivity contribution in [3.8, 4) is 11.1 Å². The maximum Gasteiger partial charge on any atom is -0.00606 e. The third-order valence-electron chi connectivity index (χ3n) is 6.07. The van der Waals surface area contributed by atoms with Gasteiger partial charge in [0.25, 0.3) is 0 Å². The number of benzene rings is 4. The summed E-state index contributed by atoms with van der Waals surface area (Å²) in [5.74, 6) is 0. The highest BCUT2D eigenvalue weighted by atomic mass is 31.1. The number of hydrogen-bond acceptors (Lipinski definition) is 0. The van der Waals surface area contributed by atoms with Crippen molar-refractivity contribution < 1.29 is 0 Å². The van der Waals surface area contributed by atoms with E-state index in [1.807, 2.05) is 0 Å². The number of rotatable bonds is 4. The molecular formula is C29H27P. The van der Waals surface area contributed by atoms with Crippen LogP contribution in [0.5, 0.6) is 0 Å². The fraction of sp³-hybridized carbons (Fsp3) is 0.172. The second-order valence-corrected chi connectivity index (χ2v) is 11.0. The smallest absolute Gasteiger partial charge is 0.00606 e. The van der Waals surface area contributed by atoms with Crippen molar-refractivity contribution in [1.82, 2.24) is 0 Å². The fourth-order valence-corrected chi connectivity index (χ4v) is 7.51. The van der Waals surface area contributed by atoms with Gasteiger partial charge in [-0.2, -0.15) is 0 Å². The van der Waals surface area contributed by atoms with E-state index in [0.29, 0.717) is 0 Å². The SMILES string of the molecule is C=C(C)CC(=C)CP1Cc2ccc3ccccc3c2-c2c(ccc3ccccc23)C1. The van der Waals surface area contributed by atoms with Gasteiger partial charge in [0.05, 0.1) is 0 Å². The molecule has 0 amide bonds. The minimum Gasteiger partial charge on any atom is -0.0998 e. The molecule has 0 radical (unpaired) electrons. The summed E-state index contributed by atoms with van der Waals surface area (Å²) in [5.41, 5.74) is 8.45. The molecule has 0 bridgehead atoms. The summed E-state index contributed by atoms with van der Waals surface area (Å²) >= 11 is 0. The Kier molecular flexibility index (Phi) is 5.05. The van der Waals surface area contributed by atoms with Gasteiger partial charge in [-0.25, -0.2) is 0 Å². The van der Waals surface area contributed by atoms with Crippen LogP contribution in [0.2, 0.25) is 0 Å². The predicted molar refractivity (Wildman–Crippen MR) is 135 cm³/mol. The molecule has 0 spiro atoms. The van der Waals surface area contributed by atoms with E-state index in [1.54, 1.807) is 0 Å². The van der Waals surface area contributed by atoms with Crippen molar-refractivity contribution in [1.29, 1.82) is 0 Å². The van der Waals surface area contributed by atoms with Crippen LogP contribution in [0.4, 0.5) is 0 Å². The van der Waals surface area contributed by atoms with Crippen LogP contribution in [0.15, 0.2) is 97.1 Å². The third-order valence-corrected chi connectivity index (χ3v) is 8.54. The zero-order valence-electron chi connectivity index (χ0n) is 17.6. The van der Waals surface area contributed by atoms with Crippen LogP contribution in [-0.4, -0.2) is 6.16 Å². The molecule has 0 nitrogen and oxygen atoms in total. The minimum absolute atomic E-state index is 0.193. The van der Waals surface area contributed by atoms with Gasteiger partial charge in [0.2, 0.25) is 0 Å². The number of allylic oxidation sites excluding steroid dienone is 2. The molecule has 4 aromatic rings. The second kappa shape index (κ2) is 7.86. The molecule has 0 atom stereocenters. The van der Waals surface area contributed by atoms with E-state index in [9.17, 15) is 0 Å². The van der Waals surface area contributed by atoms with Crippen molar-refractivity contribution in [2.45, 2.75) is 25.7 Å². The molecule has 1 aliphatic rings. The third kappa shape index (κ3) is 3.51. The summed E-state index contributed by atoms with van der Waals surface area (Å²) in [5, 5.41) is 5.41. The lowest BCUT2D eigenvalue weighted by atomic mass is 9.88. The molecule has 1 heteroatoms. The minimum atomic E-state index is -0.193. The van der Waals surface area contributed by atoms with Crippen molar-refractivity contribution in [3.05, 3.63) is 108 Å². The largest absolute Gasteiger partial charge is 0.0998 e. The van der Waals surface area contributed by atoms with Gasteiger partial charge in [0, 0.05) is 0 Å². The molecule has 148 valence electrons. The highest BCUT2D eigenvalue weighted by Gasteiger charge is 2.24. The first kappa shape index (κ1) is 19.3. The topological polar surface area (TPSA) is 0 Å². The van der Waals surface area contributed by atoms with Gasteiger partial charge in [-0.05, 0) is 75.6 Å². The molecule has 5 rings (SSSR count). The van der Waals surface area contributed by atoms with Gasteiger partial charge in [0.1, 0.15) is 0 Å². The van der Waals surface area contributed by atoms with E-state index in [-0.39, 0.29) is 7.92 Å². The summed E-state index contributed by atoms with van der Waals surface area (Å²) in [7, 11) is -0.193. The molecule has 0 N–H and O–H groups in total. The van der Waals surface area contributed by atoms with Crippen molar-refractivity contribution in [2.24, 2.45) is 0 Å². The van der Waals surface area contributed by atoms with Gasteiger partial charge in [-0.1, -0.05) is 105 Å². The summed E-state index contributed by atoms with van der Waals surface area (Å²) < 4.78 is 0. The summed E-state index contributed by atoms with van der Waals surface area (Å²) in [4.78, 5) is 0. The highest BCUT2D eigenvalue weighted by Crippen LogP contribution is 2.53. The summed E-state index contributed by atoms with van der Waals surface area (Å²) in [6, 6.07) is 27.1. The molecule has 0 unspecified atom stereocenters. The first-order valence-electron chi connectivity index (χ1n) is 10.6. The van der Waals surface area contributed by atoms with Crippen molar-refractivity contribution >= 4 is 29.5 Å². The van der Waals surface area contributed by atoms with Gasteiger partial charge in [-0.15, -0.1) is 0 Å². The fourth-order valence-electron chi connectivity index (χ4n) is 4.94. The summed E-state index contributed by atoms with van der Waals surface area (Å²) in [6.45, 7) is 10.6. The maximum atomic E-state index is 4.39. The van der Waals surface area contributed by atoms with E-state index >= 15 is 0 Å². The molecule has 1 aliphatic heterocycles. The van der Waals surface area contributed by atoms with Crippen LogP contribution >= 0.6 is 7.92 Å². The van der Waals surface area contributed by atoms with E-state index in [2.05, 4.69) is 92.9 Å². The zero-order valence-corrected chi connectivity index (χ0v) is 18.5. The van der Waals surface area contributed by atoms with Crippen LogP contribution in [0.1, 0.15) is 24.5 Å². The zero-order chi connectivity index (χ0) is 20.7. The van der Waals surface area contributed by atoms with Crippen LogP contribution in [0.25, 0.3) is 32.7 Å². The molecule has 1 heterocycles. The normalized spacial score (nSPS) is 13.6. The lowest BCUT2D eigenvalue weighted by Gasteiger charge is -2.18. The van der Waals surface area contributed by atoms with Gasteiger partial charge in [0.15, 0.2) is 0 Å². The quantitative estimate of drug-likeness (QED) is 0.235. The Balaban J connectivity index is 1.74. The number of fused-ring (bicyclic) bond motifs is 7. The Morgan fingerprint density at radius 1 is 0.733 bits per heavy atom. The summed E-state index contributed by atoms with van der Waals surface area (Å²) in [6.07, 6.45) is 4.40. The van der Waals surface area contributed by atoms with Crippen LogP contribution < -0.4 is 0 Å². The first-order chi connectivity index (χ1) is 14.6. The molecule has 0 aliphatic carbocycles. The second-order valence-electron chi connectivity index (χ2n) is 8.67. The van der Waals surface area contributed by atoms with Gasteiger partial charge in [-0.3, -0.25) is 0 Å². The standard InChI is InChI=1S/C29H27P/c1-20(2)16-21(3)17-30-18-24-14-12-22-8-4-6-10-26(22)28(24)29-25(19-30)15-13-23-9-5-7-11-27(23)29/h4-15H,1,3,16-19H2,2H3. The first-order valence-corrected chi connectivity index (χ1v) is 12.5. The monoisotopic (exact) mass is 406 g/mol. The van der Waals surface area contributed by atoms with Gasteiger partial charge < -0.3 is 0 Å². The van der Waals surface area contributed by atoms with E-state index in [4.69, 9.17) is 0 Å².